The number of rotatable bonds is 7. The molecule has 0 unspecified atom stereocenters. The van der Waals surface area contributed by atoms with Crippen LogP contribution in [0.2, 0.25) is 0 Å². The van der Waals surface area contributed by atoms with Crippen LogP contribution in [0.5, 0.6) is 17.2 Å². The van der Waals surface area contributed by atoms with Gasteiger partial charge in [-0.2, -0.15) is 0 Å². The quantitative estimate of drug-likeness (QED) is 0.551. The van der Waals surface area contributed by atoms with Gasteiger partial charge in [0.25, 0.3) is 15.9 Å². The van der Waals surface area contributed by atoms with Gasteiger partial charge in [0.15, 0.2) is 11.5 Å². The number of nitrogens with one attached hydrogen (secondary N) is 1. The lowest BCUT2D eigenvalue weighted by atomic mass is 10.1. The summed E-state index contributed by atoms with van der Waals surface area (Å²) in [7, 11) is -0.868. The second-order valence-electron chi connectivity index (χ2n) is 7.80. The second kappa shape index (κ2) is 9.64. The maximum absolute atomic E-state index is 13.2. The second-order valence-corrected chi connectivity index (χ2v) is 9.77. The van der Waals surface area contributed by atoms with Crippen molar-refractivity contribution >= 4 is 21.6 Å². The highest BCUT2D eigenvalue weighted by molar-refractivity contribution is 7.92. The molecule has 0 bridgehead atoms. The van der Waals surface area contributed by atoms with E-state index in [4.69, 9.17) is 14.2 Å². The van der Waals surface area contributed by atoms with Gasteiger partial charge >= 0.3 is 0 Å². The molecule has 1 amide bonds. The normalized spacial score (nSPS) is 13.6. The van der Waals surface area contributed by atoms with Crippen LogP contribution in [0.25, 0.3) is 0 Å². The van der Waals surface area contributed by atoms with Crippen molar-refractivity contribution in [2.75, 3.05) is 31.7 Å². The number of methoxy groups -OCH3 is 1. The number of amides is 1. The number of sulfonamides is 1. The van der Waals surface area contributed by atoms with Crippen LogP contribution in [0, 0.1) is 0 Å². The molecule has 3 aromatic carbocycles. The van der Waals surface area contributed by atoms with Gasteiger partial charge in [0.1, 0.15) is 19.0 Å². The van der Waals surface area contributed by atoms with E-state index in [0.717, 1.165) is 5.56 Å². The minimum Gasteiger partial charge on any atom is -0.497 e. The summed E-state index contributed by atoms with van der Waals surface area (Å²) in [6.45, 7) is 2.83. The van der Waals surface area contributed by atoms with Crippen molar-refractivity contribution in [1.29, 1.82) is 0 Å². The zero-order chi connectivity index (χ0) is 24.3. The standard InChI is InChI=1S/C25H26N2O6S/c1-17(18-7-12-23-24(16-18)33-14-13-32-23)26-25(28)19-5-4-6-22(15-19)34(29,30)27(2)20-8-10-21(31-3)11-9-20/h4-12,15-17H,13-14H2,1-3H3,(H,26,28)/t17-/m1/s1. The van der Waals surface area contributed by atoms with Crippen molar-refractivity contribution < 1.29 is 27.4 Å². The lowest BCUT2D eigenvalue weighted by molar-refractivity contribution is 0.0939. The molecule has 9 heteroatoms. The number of fused-ring (bicyclic) bond motifs is 1. The van der Waals surface area contributed by atoms with Crippen LogP contribution >= 0.6 is 0 Å². The number of anilines is 1. The number of carbonyl (C=O) groups is 1. The third-order valence-corrected chi connectivity index (χ3v) is 7.39. The zero-order valence-electron chi connectivity index (χ0n) is 19.1. The minimum atomic E-state index is -3.88. The molecule has 8 nitrogen and oxygen atoms in total. The van der Waals surface area contributed by atoms with Gasteiger partial charge in [0.2, 0.25) is 0 Å². The first-order chi connectivity index (χ1) is 16.3. The summed E-state index contributed by atoms with van der Waals surface area (Å²) in [5.74, 6) is 1.55. The van der Waals surface area contributed by atoms with Crippen LogP contribution in [0.15, 0.2) is 71.6 Å². The fourth-order valence-corrected chi connectivity index (χ4v) is 4.82. The molecule has 1 N–H and O–H groups in total. The topological polar surface area (TPSA) is 94.2 Å². The lowest BCUT2D eigenvalue weighted by Gasteiger charge is -2.21. The first kappa shape index (κ1) is 23.4. The van der Waals surface area contributed by atoms with Gasteiger partial charge < -0.3 is 19.5 Å². The van der Waals surface area contributed by atoms with Crippen LogP contribution in [0.4, 0.5) is 5.69 Å². The number of hydrogen-bond donors (Lipinski definition) is 1. The summed E-state index contributed by atoms with van der Waals surface area (Å²) in [5.41, 5.74) is 1.57. The highest BCUT2D eigenvalue weighted by atomic mass is 32.2. The van der Waals surface area contributed by atoms with E-state index in [0.29, 0.717) is 36.1 Å². The molecule has 34 heavy (non-hydrogen) atoms. The molecule has 0 saturated heterocycles. The molecule has 3 aromatic rings. The molecule has 0 aromatic heterocycles. The highest BCUT2D eigenvalue weighted by Gasteiger charge is 2.23. The number of benzene rings is 3. The maximum atomic E-state index is 13.2. The molecule has 1 aliphatic heterocycles. The van der Waals surface area contributed by atoms with E-state index < -0.39 is 10.0 Å². The Kier molecular flexibility index (Phi) is 6.65. The first-order valence-electron chi connectivity index (χ1n) is 10.7. The predicted molar refractivity (Wildman–Crippen MR) is 128 cm³/mol. The Balaban J connectivity index is 1.51. The van der Waals surface area contributed by atoms with E-state index in [9.17, 15) is 13.2 Å². The molecule has 0 spiro atoms. The molecule has 1 aliphatic rings. The minimum absolute atomic E-state index is 0.0189. The van der Waals surface area contributed by atoms with Crippen molar-refractivity contribution in [2.45, 2.75) is 17.9 Å². The van der Waals surface area contributed by atoms with E-state index in [1.165, 1.54) is 23.5 Å². The summed E-state index contributed by atoms with van der Waals surface area (Å²) in [6.07, 6.45) is 0. The Labute approximate surface area is 199 Å². The largest absolute Gasteiger partial charge is 0.497 e. The summed E-state index contributed by atoms with van der Waals surface area (Å²) in [6, 6.07) is 17.8. The average molecular weight is 483 g/mol. The monoisotopic (exact) mass is 482 g/mol. The summed E-state index contributed by atoms with van der Waals surface area (Å²) >= 11 is 0. The molecule has 4 rings (SSSR count). The van der Waals surface area contributed by atoms with Crippen molar-refractivity contribution in [2.24, 2.45) is 0 Å². The van der Waals surface area contributed by atoms with E-state index in [-0.39, 0.29) is 22.4 Å². The summed E-state index contributed by atoms with van der Waals surface area (Å²) in [5, 5.41) is 2.91. The number of nitrogens with zero attached hydrogens (tertiary/aromatic N) is 1. The van der Waals surface area contributed by atoms with Gasteiger partial charge in [-0.1, -0.05) is 12.1 Å². The maximum Gasteiger partial charge on any atom is 0.264 e. The fourth-order valence-electron chi connectivity index (χ4n) is 3.58. The van der Waals surface area contributed by atoms with Crippen LogP contribution in [0.1, 0.15) is 28.9 Å². The molecular weight excluding hydrogens is 456 g/mol. The smallest absolute Gasteiger partial charge is 0.264 e. The number of hydrogen-bond acceptors (Lipinski definition) is 6. The Morgan fingerprint density at radius 2 is 1.71 bits per heavy atom. The third-order valence-electron chi connectivity index (χ3n) is 5.60. The summed E-state index contributed by atoms with van der Waals surface area (Å²) in [4.78, 5) is 12.9. The third kappa shape index (κ3) is 4.79. The Bertz CT molecular complexity index is 1290. The van der Waals surface area contributed by atoms with E-state index in [2.05, 4.69) is 5.32 Å². The lowest BCUT2D eigenvalue weighted by Crippen LogP contribution is -2.28. The number of carbonyl (C=O) groups excluding carboxylic acids is 1. The van der Waals surface area contributed by atoms with Crippen molar-refractivity contribution in [3.05, 3.63) is 77.9 Å². The molecule has 1 atom stereocenters. The van der Waals surface area contributed by atoms with Gasteiger partial charge in [-0.15, -0.1) is 0 Å². The van der Waals surface area contributed by atoms with Gasteiger partial charge in [-0.25, -0.2) is 8.42 Å². The molecule has 178 valence electrons. The zero-order valence-corrected chi connectivity index (χ0v) is 20.0. The van der Waals surface area contributed by atoms with Crippen LogP contribution in [-0.2, 0) is 10.0 Å². The molecule has 0 fully saturated rings. The molecular formula is C25H26N2O6S. The van der Waals surface area contributed by atoms with Crippen molar-refractivity contribution in [1.82, 2.24) is 5.32 Å². The Hall–Kier alpha value is -3.72. The SMILES string of the molecule is COc1ccc(N(C)S(=O)(=O)c2cccc(C(=O)N[C@H](C)c3ccc4c(c3)OCCO4)c2)cc1. The fraction of sp³-hybridized carbons (Fsp3) is 0.240. The van der Waals surface area contributed by atoms with Gasteiger partial charge in [-0.05, 0) is 67.1 Å². The predicted octanol–water partition coefficient (Wildman–Crippen LogP) is 3.78. The van der Waals surface area contributed by atoms with Gasteiger partial charge in [0, 0.05) is 12.6 Å². The Morgan fingerprint density at radius 3 is 2.41 bits per heavy atom. The van der Waals surface area contributed by atoms with Crippen molar-refractivity contribution in [3.63, 3.8) is 0 Å². The van der Waals surface area contributed by atoms with E-state index >= 15 is 0 Å². The van der Waals surface area contributed by atoms with Crippen LogP contribution in [0.3, 0.4) is 0 Å². The average Bonchev–Trinajstić information content (AvgIpc) is 2.88. The van der Waals surface area contributed by atoms with E-state index in [1.54, 1.807) is 43.5 Å². The molecule has 0 radical (unpaired) electrons. The van der Waals surface area contributed by atoms with Gasteiger partial charge in [0.05, 0.1) is 23.7 Å². The molecule has 0 saturated carbocycles. The Morgan fingerprint density at radius 1 is 1.00 bits per heavy atom. The first-order valence-corrected chi connectivity index (χ1v) is 12.2. The molecule has 1 heterocycles. The van der Waals surface area contributed by atoms with Crippen LogP contribution in [-0.4, -0.2) is 41.7 Å². The van der Waals surface area contributed by atoms with E-state index in [1.807, 2.05) is 25.1 Å². The van der Waals surface area contributed by atoms with Crippen LogP contribution < -0.4 is 23.8 Å². The van der Waals surface area contributed by atoms with Crippen molar-refractivity contribution in [3.8, 4) is 17.2 Å². The van der Waals surface area contributed by atoms with Gasteiger partial charge in [-0.3, -0.25) is 9.10 Å². The summed E-state index contributed by atoms with van der Waals surface area (Å²) < 4.78 is 43.8. The number of ether oxygens (including phenoxy) is 3. The molecule has 0 aliphatic carbocycles. The highest BCUT2D eigenvalue weighted by Crippen LogP contribution is 2.32.